The van der Waals surface area contributed by atoms with Crippen molar-refractivity contribution in [3.63, 3.8) is 0 Å². The van der Waals surface area contributed by atoms with E-state index in [1.807, 2.05) is 26.0 Å². The van der Waals surface area contributed by atoms with Crippen molar-refractivity contribution >= 4 is 10.0 Å². The Hall–Kier alpha value is -0.910. The van der Waals surface area contributed by atoms with Crippen LogP contribution in [0.25, 0.3) is 0 Å². The highest BCUT2D eigenvalue weighted by molar-refractivity contribution is 7.89. The Kier molecular flexibility index (Phi) is 7.35. The van der Waals surface area contributed by atoms with Crippen molar-refractivity contribution in [1.29, 1.82) is 0 Å². The Morgan fingerprint density at radius 1 is 1.19 bits per heavy atom. The van der Waals surface area contributed by atoms with Gasteiger partial charge in [0.2, 0.25) is 10.0 Å². The molecule has 0 aliphatic carbocycles. The van der Waals surface area contributed by atoms with Gasteiger partial charge in [0.05, 0.1) is 4.90 Å². The number of benzene rings is 1. The summed E-state index contributed by atoms with van der Waals surface area (Å²) in [6.45, 7) is 10.6. The minimum Gasteiger partial charge on any atom is -0.313 e. The molecule has 120 valence electrons. The molecule has 0 radical (unpaired) electrons. The second kappa shape index (κ2) is 8.51. The third-order valence-corrected chi connectivity index (χ3v) is 5.76. The Morgan fingerprint density at radius 2 is 1.86 bits per heavy atom. The Balaban J connectivity index is 3.10. The number of nitrogens with one attached hydrogen (secondary N) is 1. The number of rotatable bonds is 9. The van der Waals surface area contributed by atoms with Gasteiger partial charge in [0.1, 0.15) is 0 Å². The standard InChI is InChI=1S/C16H28N2O2S/c1-5-14(4)13-18(7-3)21(19,20)16-11-9-8-10-15(16)12-17-6-2/h8-11,14,17H,5-7,12-13H2,1-4H3. The SMILES string of the molecule is CCNCc1ccccc1S(=O)(=O)N(CC)CC(C)CC. The molecule has 0 aliphatic rings. The van der Waals surface area contributed by atoms with Crippen molar-refractivity contribution in [2.24, 2.45) is 5.92 Å². The van der Waals surface area contributed by atoms with E-state index in [1.165, 1.54) is 0 Å². The summed E-state index contributed by atoms with van der Waals surface area (Å²) in [4.78, 5) is 0.427. The maximum atomic E-state index is 12.9. The lowest BCUT2D eigenvalue weighted by Gasteiger charge is -2.24. The fourth-order valence-corrected chi connectivity index (χ4v) is 3.97. The third-order valence-electron chi connectivity index (χ3n) is 3.72. The summed E-state index contributed by atoms with van der Waals surface area (Å²) in [5.41, 5.74) is 0.835. The molecular weight excluding hydrogens is 284 g/mol. The van der Waals surface area contributed by atoms with Crippen molar-refractivity contribution in [3.05, 3.63) is 29.8 Å². The van der Waals surface area contributed by atoms with Crippen molar-refractivity contribution in [3.8, 4) is 0 Å². The van der Waals surface area contributed by atoms with E-state index in [1.54, 1.807) is 16.4 Å². The van der Waals surface area contributed by atoms with Crippen molar-refractivity contribution < 1.29 is 8.42 Å². The van der Waals surface area contributed by atoms with Crippen LogP contribution in [0.1, 0.15) is 39.7 Å². The molecule has 0 saturated carbocycles. The molecule has 0 bridgehead atoms. The average molecular weight is 312 g/mol. The van der Waals surface area contributed by atoms with E-state index in [9.17, 15) is 8.42 Å². The lowest BCUT2D eigenvalue weighted by Crippen LogP contribution is -2.35. The zero-order valence-corrected chi connectivity index (χ0v) is 14.4. The van der Waals surface area contributed by atoms with Gasteiger partial charge in [-0.25, -0.2) is 8.42 Å². The summed E-state index contributed by atoms with van der Waals surface area (Å²) in [5.74, 6) is 0.362. The maximum Gasteiger partial charge on any atom is 0.243 e. The van der Waals surface area contributed by atoms with Crippen LogP contribution in [0.5, 0.6) is 0 Å². The normalized spacial score (nSPS) is 13.6. The molecule has 0 aromatic heterocycles. The topological polar surface area (TPSA) is 49.4 Å². The zero-order valence-electron chi connectivity index (χ0n) is 13.6. The molecule has 1 aromatic rings. The maximum absolute atomic E-state index is 12.9. The largest absolute Gasteiger partial charge is 0.313 e. The van der Waals surface area contributed by atoms with Crippen LogP contribution >= 0.6 is 0 Å². The molecule has 0 spiro atoms. The summed E-state index contributed by atoms with van der Waals surface area (Å²) >= 11 is 0. The predicted octanol–water partition coefficient (Wildman–Crippen LogP) is 2.85. The van der Waals surface area contributed by atoms with Gasteiger partial charge >= 0.3 is 0 Å². The molecule has 1 unspecified atom stereocenters. The predicted molar refractivity (Wildman–Crippen MR) is 87.7 cm³/mol. The first-order chi connectivity index (χ1) is 9.97. The van der Waals surface area contributed by atoms with E-state index in [4.69, 9.17) is 0 Å². The van der Waals surface area contributed by atoms with Gasteiger partial charge < -0.3 is 5.32 Å². The first-order valence-electron chi connectivity index (χ1n) is 7.76. The molecule has 0 aliphatic heterocycles. The molecule has 0 saturated heterocycles. The van der Waals surface area contributed by atoms with E-state index in [-0.39, 0.29) is 0 Å². The van der Waals surface area contributed by atoms with Crippen LogP contribution in [0.15, 0.2) is 29.2 Å². The highest BCUT2D eigenvalue weighted by Crippen LogP contribution is 2.21. The summed E-state index contributed by atoms with van der Waals surface area (Å²) in [6, 6.07) is 7.27. The van der Waals surface area contributed by atoms with Crippen LogP contribution < -0.4 is 5.32 Å². The van der Waals surface area contributed by atoms with Gasteiger partial charge in [-0.3, -0.25) is 0 Å². The molecule has 4 nitrogen and oxygen atoms in total. The molecule has 0 amide bonds. The highest BCUT2D eigenvalue weighted by atomic mass is 32.2. The Labute approximate surface area is 129 Å². The van der Waals surface area contributed by atoms with Gasteiger partial charge in [-0.05, 0) is 24.1 Å². The summed E-state index contributed by atoms with van der Waals surface area (Å²) < 4.78 is 27.4. The lowest BCUT2D eigenvalue weighted by atomic mass is 10.1. The van der Waals surface area contributed by atoms with E-state index < -0.39 is 10.0 Å². The number of hydrogen-bond donors (Lipinski definition) is 1. The number of hydrogen-bond acceptors (Lipinski definition) is 3. The fraction of sp³-hybridized carbons (Fsp3) is 0.625. The van der Waals surface area contributed by atoms with Crippen molar-refractivity contribution in [2.45, 2.75) is 45.6 Å². The molecule has 0 fully saturated rings. The molecule has 5 heteroatoms. The first-order valence-corrected chi connectivity index (χ1v) is 9.20. The fourth-order valence-electron chi connectivity index (χ4n) is 2.17. The quantitative estimate of drug-likeness (QED) is 0.763. The second-order valence-corrected chi connectivity index (χ2v) is 7.26. The van der Waals surface area contributed by atoms with Crippen LogP contribution in [0.2, 0.25) is 0 Å². The van der Waals surface area contributed by atoms with Crippen LogP contribution in [-0.2, 0) is 16.6 Å². The average Bonchev–Trinajstić information content (AvgIpc) is 2.50. The number of nitrogens with zero attached hydrogens (tertiary/aromatic N) is 1. The Morgan fingerprint density at radius 3 is 2.43 bits per heavy atom. The minimum absolute atomic E-state index is 0.362. The van der Waals surface area contributed by atoms with Crippen LogP contribution in [0.3, 0.4) is 0 Å². The minimum atomic E-state index is -3.42. The molecule has 1 N–H and O–H groups in total. The van der Waals surface area contributed by atoms with Crippen molar-refractivity contribution in [2.75, 3.05) is 19.6 Å². The molecule has 21 heavy (non-hydrogen) atoms. The van der Waals surface area contributed by atoms with Gasteiger partial charge in [0, 0.05) is 19.6 Å². The van der Waals surface area contributed by atoms with Gasteiger partial charge in [0.25, 0.3) is 0 Å². The van der Waals surface area contributed by atoms with Crippen molar-refractivity contribution in [1.82, 2.24) is 9.62 Å². The smallest absolute Gasteiger partial charge is 0.243 e. The van der Waals surface area contributed by atoms with E-state index >= 15 is 0 Å². The van der Waals surface area contributed by atoms with Crippen LogP contribution in [0, 0.1) is 5.92 Å². The molecule has 0 heterocycles. The summed E-state index contributed by atoms with van der Waals surface area (Å²) in [7, 11) is -3.42. The number of sulfonamides is 1. The molecular formula is C16H28N2O2S. The van der Waals surface area contributed by atoms with E-state index in [0.717, 1.165) is 18.5 Å². The molecule has 1 atom stereocenters. The molecule has 1 aromatic carbocycles. The van der Waals surface area contributed by atoms with E-state index in [0.29, 0.717) is 30.4 Å². The van der Waals surface area contributed by atoms with Crippen LogP contribution in [0.4, 0.5) is 0 Å². The summed E-state index contributed by atoms with van der Waals surface area (Å²) in [6.07, 6.45) is 0.977. The zero-order chi connectivity index (χ0) is 15.9. The summed E-state index contributed by atoms with van der Waals surface area (Å²) in [5, 5.41) is 3.20. The Bertz CT molecular complexity index is 529. The monoisotopic (exact) mass is 312 g/mol. The second-order valence-electron chi connectivity index (χ2n) is 5.36. The molecule has 1 rings (SSSR count). The van der Waals surface area contributed by atoms with Gasteiger partial charge in [-0.1, -0.05) is 52.3 Å². The first kappa shape index (κ1) is 18.1. The van der Waals surface area contributed by atoms with Gasteiger partial charge in [-0.15, -0.1) is 0 Å². The van der Waals surface area contributed by atoms with E-state index in [2.05, 4.69) is 19.2 Å². The van der Waals surface area contributed by atoms with Gasteiger partial charge in [0.15, 0.2) is 0 Å². The highest BCUT2D eigenvalue weighted by Gasteiger charge is 2.26. The third kappa shape index (κ3) is 4.80. The lowest BCUT2D eigenvalue weighted by molar-refractivity contribution is 0.361. The van der Waals surface area contributed by atoms with Gasteiger partial charge in [-0.2, -0.15) is 4.31 Å². The van der Waals surface area contributed by atoms with Crippen LogP contribution in [-0.4, -0.2) is 32.4 Å².